The Bertz CT molecular complexity index is 447. The number of rotatable bonds is 5. The minimum Gasteiger partial charge on any atom is -0.481 e. The van der Waals surface area contributed by atoms with Gasteiger partial charge in [0.25, 0.3) is 0 Å². The van der Waals surface area contributed by atoms with Crippen molar-refractivity contribution in [3.8, 4) is 0 Å². The second-order valence-electron chi connectivity index (χ2n) is 5.69. The Morgan fingerprint density at radius 2 is 1.75 bits per heavy atom. The molecule has 1 aromatic rings. The average Bonchev–Trinajstić information content (AvgIpc) is 2.49. The second kappa shape index (κ2) is 6.37. The highest BCUT2D eigenvalue weighted by Crippen LogP contribution is 2.35. The van der Waals surface area contributed by atoms with E-state index in [9.17, 15) is 9.90 Å². The van der Waals surface area contributed by atoms with E-state index in [2.05, 4.69) is 4.90 Å². The summed E-state index contributed by atoms with van der Waals surface area (Å²) in [5, 5.41) is 18.4. The van der Waals surface area contributed by atoms with Crippen LogP contribution in [0.1, 0.15) is 37.3 Å². The fraction of sp³-hybridized carbons (Fsp3) is 0.562. The van der Waals surface area contributed by atoms with Crippen molar-refractivity contribution in [2.45, 2.75) is 39.3 Å². The second-order valence-corrected chi connectivity index (χ2v) is 5.69. The van der Waals surface area contributed by atoms with Crippen LogP contribution < -0.4 is 0 Å². The van der Waals surface area contributed by atoms with Crippen molar-refractivity contribution in [1.29, 1.82) is 0 Å². The topological polar surface area (TPSA) is 60.8 Å². The maximum atomic E-state index is 11.4. The highest BCUT2D eigenvalue weighted by atomic mass is 16.4. The Kier molecular flexibility index (Phi) is 4.78. The number of carbonyl (C=O) groups is 1. The van der Waals surface area contributed by atoms with E-state index in [-0.39, 0.29) is 6.61 Å². The molecule has 4 heteroatoms. The van der Waals surface area contributed by atoms with Crippen molar-refractivity contribution < 1.29 is 15.0 Å². The lowest BCUT2D eigenvalue weighted by Gasteiger charge is -2.38. The molecule has 1 aliphatic heterocycles. The summed E-state index contributed by atoms with van der Waals surface area (Å²) in [6, 6.07) is 7.94. The van der Waals surface area contributed by atoms with Gasteiger partial charge < -0.3 is 10.2 Å². The summed E-state index contributed by atoms with van der Waals surface area (Å²) < 4.78 is 0. The van der Waals surface area contributed by atoms with Crippen LogP contribution in [0.3, 0.4) is 0 Å². The van der Waals surface area contributed by atoms with Gasteiger partial charge in [-0.2, -0.15) is 0 Å². The molecule has 0 atom stereocenters. The molecule has 0 aromatic heterocycles. The number of nitrogens with zero attached hydrogens (tertiary/aromatic N) is 1. The first-order valence-corrected chi connectivity index (χ1v) is 7.24. The molecule has 1 fully saturated rings. The van der Waals surface area contributed by atoms with Gasteiger partial charge in [-0.05, 0) is 43.5 Å². The minimum atomic E-state index is -0.646. The summed E-state index contributed by atoms with van der Waals surface area (Å²) in [7, 11) is 0. The van der Waals surface area contributed by atoms with Crippen molar-refractivity contribution in [2.24, 2.45) is 5.41 Å². The molecule has 0 aliphatic carbocycles. The lowest BCUT2D eigenvalue weighted by molar-refractivity contribution is -0.152. The number of hydrogen-bond donors (Lipinski definition) is 2. The zero-order chi connectivity index (χ0) is 14.6. The number of piperidine rings is 1. The Morgan fingerprint density at radius 1 is 1.20 bits per heavy atom. The number of likely N-dealkylation sites (tertiary alicyclic amines) is 1. The molecule has 0 amide bonds. The number of aliphatic hydroxyl groups is 1. The Hall–Kier alpha value is -1.39. The number of carboxylic acid groups (broad SMARTS) is 1. The van der Waals surface area contributed by atoms with Crippen LogP contribution in [0.2, 0.25) is 0 Å². The summed E-state index contributed by atoms with van der Waals surface area (Å²) in [5.41, 5.74) is 1.61. The fourth-order valence-electron chi connectivity index (χ4n) is 2.87. The van der Waals surface area contributed by atoms with Gasteiger partial charge in [-0.1, -0.05) is 31.2 Å². The predicted octanol–water partition coefficient (Wildman–Crippen LogP) is 2.26. The van der Waals surface area contributed by atoms with Crippen LogP contribution in [0.25, 0.3) is 0 Å². The van der Waals surface area contributed by atoms with Gasteiger partial charge in [-0.3, -0.25) is 9.69 Å². The smallest absolute Gasteiger partial charge is 0.309 e. The van der Waals surface area contributed by atoms with Crippen LogP contribution in [0.15, 0.2) is 24.3 Å². The lowest BCUT2D eigenvalue weighted by atomic mass is 9.76. The van der Waals surface area contributed by atoms with E-state index in [1.54, 1.807) is 0 Å². The number of aliphatic carboxylic acids is 1. The van der Waals surface area contributed by atoms with Crippen molar-refractivity contribution in [3.05, 3.63) is 35.4 Å². The largest absolute Gasteiger partial charge is 0.481 e. The summed E-state index contributed by atoms with van der Waals surface area (Å²) >= 11 is 0. The molecule has 4 nitrogen and oxygen atoms in total. The first-order valence-electron chi connectivity index (χ1n) is 7.24. The molecule has 1 saturated heterocycles. The van der Waals surface area contributed by atoms with Gasteiger partial charge in [0.1, 0.15) is 0 Å². The third kappa shape index (κ3) is 3.19. The normalized spacial score (nSPS) is 18.9. The molecule has 0 saturated carbocycles. The highest BCUT2D eigenvalue weighted by molar-refractivity contribution is 5.74. The summed E-state index contributed by atoms with van der Waals surface area (Å²) in [5.74, 6) is -0.646. The average molecular weight is 277 g/mol. The molecule has 1 aromatic carbocycles. The number of benzene rings is 1. The van der Waals surface area contributed by atoms with E-state index in [0.29, 0.717) is 6.42 Å². The van der Waals surface area contributed by atoms with Gasteiger partial charge in [0, 0.05) is 6.54 Å². The number of carboxylic acids is 1. The van der Waals surface area contributed by atoms with Crippen LogP contribution in [0.4, 0.5) is 0 Å². The van der Waals surface area contributed by atoms with Gasteiger partial charge in [-0.15, -0.1) is 0 Å². The first-order chi connectivity index (χ1) is 9.59. The molecule has 20 heavy (non-hydrogen) atoms. The zero-order valence-electron chi connectivity index (χ0n) is 12.0. The summed E-state index contributed by atoms with van der Waals surface area (Å²) in [6.45, 7) is 4.56. The van der Waals surface area contributed by atoms with Crippen LogP contribution in [0.5, 0.6) is 0 Å². The van der Waals surface area contributed by atoms with Crippen LogP contribution in [0, 0.1) is 5.41 Å². The van der Waals surface area contributed by atoms with Gasteiger partial charge in [-0.25, -0.2) is 0 Å². The van der Waals surface area contributed by atoms with E-state index < -0.39 is 11.4 Å². The van der Waals surface area contributed by atoms with Gasteiger partial charge in [0.2, 0.25) is 0 Å². The third-order valence-electron chi connectivity index (χ3n) is 4.56. The maximum absolute atomic E-state index is 11.4. The van der Waals surface area contributed by atoms with Gasteiger partial charge in [0.05, 0.1) is 12.0 Å². The minimum absolute atomic E-state index is 0.0711. The van der Waals surface area contributed by atoms with E-state index in [1.165, 1.54) is 5.56 Å². The molecular formula is C16H23NO3. The van der Waals surface area contributed by atoms with Gasteiger partial charge >= 0.3 is 5.97 Å². The van der Waals surface area contributed by atoms with Crippen molar-refractivity contribution in [1.82, 2.24) is 4.90 Å². The first kappa shape index (κ1) is 15.0. The molecule has 0 spiro atoms. The quantitative estimate of drug-likeness (QED) is 0.866. The molecule has 0 unspecified atom stereocenters. The monoisotopic (exact) mass is 277 g/mol. The third-order valence-corrected chi connectivity index (χ3v) is 4.56. The molecule has 0 bridgehead atoms. The molecular weight excluding hydrogens is 254 g/mol. The van der Waals surface area contributed by atoms with E-state index in [1.807, 2.05) is 31.2 Å². The Labute approximate surface area is 120 Å². The van der Waals surface area contributed by atoms with E-state index in [4.69, 9.17) is 5.11 Å². The summed E-state index contributed by atoms with van der Waals surface area (Å²) in [4.78, 5) is 13.7. The van der Waals surface area contributed by atoms with E-state index in [0.717, 1.165) is 38.0 Å². The number of aliphatic hydroxyl groups excluding tert-OH is 1. The molecule has 0 radical (unpaired) electrons. The standard InChI is InChI=1S/C16H23NO3/c1-2-16(15(19)20)7-9-17(10-8-16)11-13-3-5-14(12-18)6-4-13/h3-6,18H,2,7-12H2,1H3,(H,19,20). The molecule has 1 heterocycles. The lowest BCUT2D eigenvalue weighted by Crippen LogP contribution is -2.43. The predicted molar refractivity (Wildman–Crippen MR) is 77.2 cm³/mol. The van der Waals surface area contributed by atoms with Crippen LogP contribution in [-0.4, -0.2) is 34.2 Å². The van der Waals surface area contributed by atoms with Crippen molar-refractivity contribution in [2.75, 3.05) is 13.1 Å². The van der Waals surface area contributed by atoms with Crippen molar-refractivity contribution >= 4 is 5.97 Å². The molecule has 2 N–H and O–H groups in total. The maximum Gasteiger partial charge on any atom is 0.309 e. The van der Waals surface area contributed by atoms with Crippen LogP contribution >= 0.6 is 0 Å². The highest BCUT2D eigenvalue weighted by Gasteiger charge is 2.39. The molecule has 1 aliphatic rings. The van der Waals surface area contributed by atoms with Crippen molar-refractivity contribution in [3.63, 3.8) is 0 Å². The Morgan fingerprint density at radius 3 is 2.20 bits per heavy atom. The molecule has 110 valence electrons. The zero-order valence-corrected chi connectivity index (χ0v) is 12.0. The SMILES string of the molecule is CCC1(C(=O)O)CCN(Cc2ccc(CO)cc2)CC1. The van der Waals surface area contributed by atoms with Gasteiger partial charge in [0.15, 0.2) is 0 Å². The summed E-state index contributed by atoms with van der Waals surface area (Å²) in [6.07, 6.45) is 2.17. The Balaban J connectivity index is 1.92. The fourth-order valence-corrected chi connectivity index (χ4v) is 2.87. The number of hydrogen-bond acceptors (Lipinski definition) is 3. The van der Waals surface area contributed by atoms with Crippen LogP contribution in [-0.2, 0) is 17.9 Å². The van der Waals surface area contributed by atoms with E-state index >= 15 is 0 Å². The molecule has 2 rings (SSSR count).